The number of aromatic hydroxyl groups is 1. The first kappa shape index (κ1) is 58.4. The Kier molecular flexibility index (Phi) is 19.1. The van der Waals surface area contributed by atoms with Crippen LogP contribution in [-0.4, -0.2) is 160 Å². The van der Waals surface area contributed by atoms with Gasteiger partial charge in [-0.05, 0) is 111 Å². The SMILES string of the molecule is CCn1c(-c2cccnc2COC)c2c3cc(ccc31)-c1cc(O)cc(c1)C[C@H](NC(=O)[C@H](C(C)C)N(C)C(=O)[C@H]1CCN(C(=O)/C=C/CN(C)C)C1)C(=O)N1CCC[C@H](N1)C(=O)OCC(C)(C)C2.O=C(O)C(F)(F)F. The van der Waals surface area contributed by atoms with Crippen LogP contribution in [0.5, 0.6) is 5.75 Å². The molecule has 7 rings (SSSR count). The summed E-state index contributed by atoms with van der Waals surface area (Å²) in [5.74, 6) is -5.51. The van der Waals surface area contributed by atoms with Gasteiger partial charge in [0.2, 0.25) is 17.7 Å². The molecule has 4 N–H and O–H groups in total. The summed E-state index contributed by atoms with van der Waals surface area (Å²) in [6.45, 7) is 12.6. The zero-order valence-corrected chi connectivity index (χ0v) is 44.7. The van der Waals surface area contributed by atoms with E-state index in [2.05, 4.69) is 54.3 Å². The number of esters is 1. The summed E-state index contributed by atoms with van der Waals surface area (Å²) < 4.78 is 45.7. The number of rotatable bonds is 12. The van der Waals surface area contributed by atoms with E-state index in [1.54, 1.807) is 43.5 Å². The molecule has 0 aliphatic carbocycles. The average Bonchev–Trinajstić information content (AvgIpc) is 3.97. The fourth-order valence-corrected chi connectivity index (χ4v) is 10.2. The van der Waals surface area contributed by atoms with Crippen molar-refractivity contribution in [2.75, 3.05) is 61.0 Å². The van der Waals surface area contributed by atoms with Crippen LogP contribution in [0.1, 0.15) is 70.7 Å². The largest absolute Gasteiger partial charge is 0.508 e. The molecular formula is C55H71F3N8O10. The normalized spacial score (nSPS) is 19.5. The van der Waals surface area contributed by atoms with E-state index in [9.17, 15) is 42.3 Å². The maximum atomic E-state index is 14.8. The molecular weight excluding hydrogens is 990 g/mol. The number of likely N-dealkylation sites (N-methyl/N-ethyl adjacent to an activating group) is 2. The molecule has 0 radical (unpaired) electrons. The molecule has 18 nitrogen and oxygen atoms in total. The molecule has 4 amide bonds. The van der Waals surface area contributed by atoms with Crippen LogP contribution < -0.4 is 10.7 Å². The number of aryl methyl sites for hydroxylation is 1. The predicted octanol–water partition coefficient (Wildman–Crippen LogP) is 5.97. The van der Waals surface area contributed by atoms with Crippen molar-refractivity contribution >= 4 is 46.5 Å². The lowest BCUT2D eigenvalue weighted by atomic mass is 9.84. The number of aliphatic carboxylic acids is 1. The molecule has 4 atom stereocenters. The van der Waals surface area contributed by atoms with Crippen LogP contribution >= 0.6 is 0 Å². The molecule has 2 fully saturated rings. The van der Waals surface area contributed by atoms with Gasteiger partial charge < -0.3 is 44.3 Å². The Balaban J connectivity index is 0.00000125. The number of benzene rings is 2. The van der Waals surface area contributed by atoms with Crippen molar-refractivity contribution in [1.82, 2.24) is 40.0 Å². The molecule has 2 aromatic carbocycles. The Labute approximate surface area is 441 Å². The van der Waals surface area contributed by atoms with E-state index in [-0.39, 0.29) is 49.6 Å². The van der Waals surface area contributed by atoms with Gasteiger partial charge >= 0.3 is 18.1 Å². The van der Waals surface area contributed by atoms with Crippen LogP contribution in [0.3, 0.4) is 0 Å². The average molecular weight is 1060 g/mol. The van der Waals surface area contributed by atoms with E-state index in [0.29, 0.717) is 57.5 Å². The minimum atomic E-state index is -5.08. The molecule has 2 saturated heterocycles. The van der Waals surface area contributed by atoms with Gasteiger partial charge in [0.1, 0.15) is 23.9 Å². The van der Waals surface area contributed by atoms with Crippen molar-refractivity contribution in [2.45, 2.75) is 104 Å². The number of halogens is 3. The molecule has 412 valence electrons. The summed E-state index contributed by atoms with van der Waals surface area (Å²) in [5.41, 5.74) is 9.56. The van der Waals surface area contributed by atoms with Crippen molar-refractivity contribution in [1.29, 1.82) is 0 Å². The first-order valence-corrected chi connectivity index (χ1v) is 25.5. The molecule has 0 saturated carbocycles. The number of phenolic OH excluding ortho intramolecular Hbond substituents is 1. The van der Waals surface area contributed by atoms with Gasteiger partial charge in [-0.25, -0.2) is 10.2 Å². The van der Waals surface area contributed by atoms with Crippen molar-refractivity contribution in [3.63, 3.8) is 0 Å². The van der Waals surface area contributed by atoms with Gasteiger partial charge in [-0.3, -0.25) is 34.0 Å². The number of ether oxygens (including phenoxy) is 2. The lowest BCUT2D eigenvalue weighted by molar-refractivity contribution is -0.192. The van der Waals surface area contributed by atoms with Gasteiger partial charge in [0.15, 0.2) is 0 Å². The first-order valence-electron chi connectivity index (χ1n) is 25.5. The maximum Gasteiger partial charge on any atom is 0.490 e. The van der Waals surface area contributed by atoms with Gasteiger partial charge in [-0.15, -0.1) is 0 Å². The molecule has 21 heteroatoms. The molecule has 6 bridgehead atoms. The molecule has 3 aliphatic rings. The van der Waals surface area contributed by atoms with Crippen LogP contribution in [0.15, 0.2) is 66.9 Å². The molecule has 5 heterocycles. The fourth-order valence-electron chi connectivity index (χ4n) is 10.2. The highest BCUT2D eigenvalue weighted by Gasteiger charge is 2.41. The summed E-state index contributed by atoms with van der Waals surface area (Å²) in [6.07, 6.45) is 1.95. The van der Waals surface area contributed by atoms with Crippen LogP contribution in [0.4, 0.5) is 13.2 Å². The predicted molar refractivity (Wildman–Crippen MR) is 278 cm³/mol. The number of fused-ring (bicyclic) bond motifs is 6. The summed E-state index contributed by atoms with van der Waals surface area (Å²) in [4.78, 5) is 89.0. The maximum absolute atomic E-state index is 14.8. The number of pyridine rings is 1. The second kappa shape index (κ2) is 24.9. The van der Waals surface area contributed by atoms with Crippen molar-refractivity contribution in [3.05, 3.63) is 83.7 Å². The highest BCUT2D eigenvalue weighted by atomic mass is 19.4. The number of likely N-dealkylation sites (tertiary alicyclic amines) is 1. The zero-order chi connectivity index (χ0) is 55.8. The van der Waals surface area contributed by atoms with E-state index in [4.69, 9.17) is 24.4 Å². The van der Waals surface area contributed by atoms with E-state index in [1.165, 1.54) is 16.0 Å². The topological polar surface area (TPSA) is 216 Å². The minimum Gasteiger partial charge on any atom is -0.508 e. The van der Waals surface area contributed by atoms with Crippen molar-refractivity contribution in [3.8, 4) is 28.1 Å². The van der Waals surface area contributed by atoms with Gasteiger partial charge in [-0.2, -0.15) is 13.2 Å². The van der Waals surface area contributed by atoms with E-state index >= 15 is 0 Å². The van der Waals surface area contributed by atoms with E-state index in [1.807, 2.05) is 51.0 Å². The fraction of sp³-hybridized carbons (Fsp3) is 0.509. The van der Waals surface area contributed by atoms with Gasteiger partial charge in [0.05, 0.1) is 30.5 Å². The lowest BCUT2D eigenvalue weighted by Gasteiger charge is -2.37. The number of hydrogen-bond donors (Lipinski definition) is 4. The minimum absolute atomic E-state index is 0.00982. The monoisotopic (exact) mass is 1060 g/mol. The Morgan fingerprint density at radius 1 is 1.04 bits per heavy atom. The Morgan fingerprint density at radius 2 is 1.76 bits per heavy atom. The van der Waals surface area contributed by atoms with Gasteiger partial charge in [0.25, 0.3) is 5.91 Å². The van der Waals surface area contributed by atoms with Crippen LogP contribution in [0.2, 0.25) is 0 Å². The number of carboxylic acid groups (broad SMARTS) is 1. The number of nitrogens with one attached hydrogen (secondary N) is 2. The molecule has 76 heavy (non-hydrogen) atoms. The number of alkyl halides is 3. The lowest BCUT2D eigenvalue weighted by Crippen LogP contribution is -2.62. The second-order valence-corrected chi connectivity index (χ2v) is 21.0. The Morgan fingerprint density at radius 3 is 2.42 bits per heavy atom. The number of aromatic nitrogens is 2. The highest BCUT2D eigenvalue weighted by molar-refractivity contribution is 5.96. The number of phenols is 1. The number of nitrogens with zero attached hydrogens (tertiary/aromatic N) is 6. The van der Waals surface area contributed by atoms with E-state index in [0.717, 1.165) is 44.5 Å². The number of cyclic esters (lactones) is 1. The third-order valence-electron chi connectivity index (χ3n) is 13.8. The van der Waals surface area contributed by atoms with Crippen LogP contribution in [0.25, 0.3) is 33.3 Å². The molecule has 0 spiro atoms. The number of hydrazine groups is 1. The molecule has 3 aliphatic heterocycles. The third-order valence-corrected chi connectivity index (χ3v) is 13.8. The van der Waals surface area contributed by atoms with Crippen LogP contribution in [0, 0.1) is 17.3 Å². The highest BCUT2D eigenvalue weighted by Crippen LogP contribution is 2.41. The summed E-state index contributed by atoms with van der Waals surface area (Å²) >= 11 is 0. The van der Waals surface area contributed by atoms with Crippen molar-refractivity contribution < 1.29 is 61.6 Å². The van der Waals surface area contributed by atoms with Gasteiger partial charge in [0, 0.05) is 87.5 Å². The molecule has 0 unspecified atom stereocenters. The standard InChI is InChI=1S/C53H70N8O8.C2HF3O2/c1-10-60-45-18-17-35-28-40(45)41(48(60)39-14-11-20-54-44(39)31-68-9)29-53(4,5)32-69-52(67)42-15-12-22-61(56-42)51(66)43(26-34-24-37(35)27-38(62)25-34)55-49(64)47(33(2)3)58(8)50(65)36-19-23-59(30-36)46(63)16-13-21-57(6)7;3-2(4,5)1(6)7/h11,13-14,16-18,20,24-25,27-28,33,36,42-43,47,56,62H,10,12,15,19,21-23,26,29-32H2,1-9H3,(H,55,64);(H,6,7)/b16-13+;/t36-,42-,43-,47-;/m0./s1. The quantitative estimate of drug-likeness (QED) is 0.0952. The Hall–Kier alpha value is -6.84. The van der Waals surface area contributed by atoms with Gasteiger partial charge in [-0.1, -0.05) is 45.9 Å². The second-order valence-electron chi connectivity index (χ2n) is 21.0. The summed E-state index contributed by atoms with van der Waals surface area (Å²) in [6, 6.07) is 12.5. The third kappa shape index (κ3) is 14.1. The van der Waals surface area contributed by atoms with E-state index < -0.39 is 59.4 Å². The molecule has 2 aromatic heterocycles. The van der Waals surface area contributed by atoms with Crippen molar-refractivity contribution in [2.24, 2.45) is 17.3 Å². The first-order chi connectivity index (χ1) is 35.8. The number of carbonyl (C=O) groups is 6. The number of amides is 4. The number of methoxy groups -OCH3 is 1. The zero-order valence-electron chi connectivity index (χ0n) is 44.7. The summed E-state index contributed by atoms with van der Waals surface area (Å²) in [7, 11) is 7.08. The number of carboxylic acids is 1. The Bertz CT molecular complexity index is 2810. The van der Waals surface area contributed by atoms with Crippen LogP contribution in [-0.2, 0) is 64.2 Å². The summed E-state index contributed by atoms with van der Waals surface area (Å²) in [5, 5.41) is 23.9. The molecule has 4 aromatic rings. The number of carbonyl (C=O) groups excluding carboxylic acids is 5. The number of hydrogen-bond acceptors (Lipinski definition) is 12. The smallest absolute Gasteiger partial charge is 0.490 e.